The highest BCUT2D eigenvalue weighted by atomic mass is 35.5. The monoisotopic (exact) mass is 304 g/mol. The van der Waals surface area contributed by atoms with E-state index in [4.69, 9.17) is 33.7 Å². The summed E-state index contributed by atoms with van der Waals surface area (Å²) in [6.45, 7) is 2.58. The molecule has 1 aliphatic rings. The first kappa shape index (κ1) is 14.9. The van der Waals surface area contributed by atoms with Gasteiger partial charge in [0.25, 0.3) is 0 Å². The lowest BCUT2D eigenvalue weighted by Crippen LogP contribution is -2.35. The minimum absolute atomic E-state index is 0.225. The Bertz CT molecular complexity index is 431. The number of nitrogens with two attached hydrogens (primary N) is 1. The number of aliphatic hydroxyl groups is 1. The Balaban J connectivity index is 1.76. The van der Waals surface area contributed by atoms with Gasteiger partial charge in [0.15, 0.2) is 0 Å². The van der Waals surface area contributed by atoms with Crippen LogP contribution < -0.4 is 10.5 Å². The molecule has 1 heterocycles. The third-order valence-electron chi connectivity index (χ3n) is 3.11. The Hall–Kier alpha value is -0.520. The van der Waals surface area contributed by atoms with Gasteiger partial charge in [-0.25, -0.2) is 0 Å². The zero-order valence-corrected chi connectivity index (χ0v) is 12.1. The van der Waals surface area contributed by atoms with Crippen LogP contribution in [0.5, 0.6) is 5.75 Å². The molecule has 19 heavy (non-hydrogen) atoms. The lowest BCUT2D eigenvalue weighted by atomic mass is 10.3. The fraction of sp³-hybridized carbons (Fsp3) is 0.538. The molecule has 3 N–H and O–H groups in total. The normalized spacial score (nSPS) is 21.6. The molecule has 0 bridgehead atoms. The number of hydrogen-bond donors (Lipinski definition) is 2. The molecule has 0 aliphatic carbocycles. The maximum Gasteiger partial charge on any atom is 0.121 e. The molecule has 0 amide bonds. The summed E-state index contributed by atoms with van der Waals surface area (Å²) in [5.41, 5.74) is 5.81. The molecule has 0 saturated carbocycles. The first-order valence-electron chi connectivity index (χ1n) is 6.28. The topological polar surface area (TPSA) is 58.7 Å². The highest BCUT2D eigenvalue weighted by Crippen LogP contribution is 2.26. The molecule has 0 aromatic heterocycles. The van der Waals surface area contributed by atoms with Crippen LogP contribution in [0.15, 0.2) is 18.2 Å². The van der Waals surface area contributed by atoms with E-state index in [1.807, 2.05) is 0 Å². The summed E-state index contributed by atoms with van der Waals surface area (Å²) in [7, 11) is 0. The van der Waals surface area contributed by atoms with E-state index in [9.17, 15) is 5.11 Å². The summed E-state index contributed by atoms with van der Waals surface area (Å²) in [5, 5.41) is 10.8. The second-order valence-electron chi connectivity index (χ2n) is 4.85. The number of halogens is 2. The molecule has 2 atom stereocenters. The average Bonchev–Trinajstić information content (AvgIpc) is 2.76. The number of hydrogen-bond acceptors (Lipinski definition) is 4. The smallest absolute Gasteiger partial charge is 0.121 e. The van der Waals surface area contributed by atoms with Crippen molar-refractivity contribution in [2.75, 3.05) is 26.2 Å². The van der Waals surface area contributed by atoms with Crippen molar-refractivity contribution in [3.8, 4) is 5.75 Å². The molecule has 1 unspecified atom stereocenters. The van der Waals surface area contributed by atoms with E-state index in [1.54, 1.807) is 18.2 Å². The van der Waals surface area contributed by atoms with E-state index < -0.39 is 6.10 Å². The lowest BCUT2D eigenvalue weighted by Gasteiger charge is -2.20. The quantitative estimate of drug-likeness (QED) is 0.870. The Morgan fingerprint density at radius 1 is 1.42 bits per heavy atom. The van der Waals surface area contributed by atoms with Crippen LogP contribution in [0.1, 0.15) is 6.42 Å². The lowest BCUT2D eigenvalue weighted by molar-refractivity contribution is 0.0755. The van der Waals surface area contributed by atoms with Crippen LogP contribution >= 0.6 is 23.2 Å². The van der Waals surface area contributed by atoms with Gasteiger partial charge in [-0.05, 0) is 25.1 Å². The first-order chi connectivity index (χ1) is 9.04. The largest absolute Gasteiger partial charge is 0.491 e. The zero-order valence-electron chi connectivity index (χ0n) is 10.6. The van der Waals surface area contributed by atoms with Crippen molar-refractivity contribution in [2.24, 2.45) is 5.73 Å². The predicted octanol–water partition coefficient (Wildman–Crippen LogP) is 1.77. The van der Waals surface area contributed by atoms with Gasteiger partial charge in [0.1, 0.15) is 18.5 Å². The van der Waals surface area contributed by atoms with E-state index in [2.05, 4.69) is 4.90 Å². The fourth-order valence-corrected chi connectivity index (χ4v) is 2.43. The number of β-amino-alcohol motifs (C(OH)–C–C–N with tert-alkyl or cyclic N) is 1. The fourth-order valence-electron chi connectivity index (χ4n) is 2.14. The van der Waals surface area contributed by atoms with Gasteiger partial charge < -0.3 is 15.6 Å². The number of benzene rings is 1. The Morgan fingerprint density at radius 2 is 2.21 bits per heavy atom. The van der Waals surface area contributed by atoms with Gasteiger partial charge in [0.05, 0.1) is 10.0 Å². The van der Waals surface area contributed by atoms with Gasteiger partial charge >= 0.3 is 0 Å². The molecule has 1 fully saturated rings. The number of ether oxygens (including phenoxy) is 1. The second-order valence-corrected chi connectivity index (χ2v) is 5.66. The minimum Gasteiger partial charge on any atom is -0.491 e. The number of likely N-dealkylation sites (tertiary alicyclic amines) is 1. The summed E-state index contributed by atoms with van der Waals surface area (Å²) >= 11 is 11.7. The van der Waals surface area contributed by atoms with Crippen molar-refractivity contribution in [3.05, 3.63) is 28.2 Å². The van der Waals surface area contributed by atoms with Gasteiger partial charge in [-0.2, -0.15) is 0 Å². The highest BCUT2D eigenvalue weighted by molar-refractivity contribution is 6.42. The number of aliphatic hydroxyl groups excluding tert-OH is 1. The average molecular weight is 305 g/mol. The van der Waals surface area contributed by atoms with Crippen molar-refractivity contribution >= 4 is 23.2 Å². The van der Waals surface area contributed by atoms with Crippen LogP contribution in [0.2, 0.25) is 10.0 Å². The molecular weight excluding hydrogens is 287 g/mol. The standard InChI is InChI=1S/C13H18Cl2N2O2/c14-12-2-1-11(5-13(12)15)19-8-10(18)7-17-4-3-9(16)6-17/h1-2,5,9-10,18H,3-4,6-8,16H2/t9-,10?/m1/s1. The van der Waals surface area contributed by atoms with E-state index in [1.165, 1.54) is 0 Å². The van der Waals surface area contributed by atoms with Gasteiger partial charge in [-0.15, -0.1) is 0 Å². The second kappa shape index (κ2) is 6.77. The molecule has 1 aromatic rings. The van der Waals surface area contributed by atoms with Gasteiger partial charge in [0.2, 0.25) is 0 Å². The summed E-state index contributed by atoms with van der Waals surface area (Å²) in [6, 6.07) is 5.27. The summed E-state index contributed by atoms with van der Waals surface area (Å²) in [5.74, 6) is 0.603. The van der Waals surface area contributed by atoms with Gasteiger partial charge in [-0.1, -0.05) is 23.2 Å². The molecule has 6 heteroatoms. The van der Waals surface area contributed by atoms with Crippen molar-refractivity contribution in [1.29, 1.82) is 0 Å². The third kappa shape index (κ3) is 4.51. The van der Waals surface area contributed by atoms with Crippen LogP contribution in [-0.4, -0.2) is 48.4 Å². The third-order valence-corrected chi connectivity index (χ3v) is 3.85. The van der Waals surface area contributed by atoms with E-state index in [0.717, 1.165) is 19.5 Å². The summed E-state index contributed by atoms with van der Waals surface area (Å²) < 4.78 is 5.49. The van der Waals surface area contributed by atoms with Crippen LogP contribution in [0.25, 0.3) is 0 Å². The van der Waals surface area contributed by atoms with Crippen molar-refractivity contribution in [2.45, 2.75) is 18.6 Å². The Morgan fingerprint density at radius 3 is 2.84 bits per heavy atom. The molecule has 1 saturated heterocycles. The molecule has 0 radical (unpaired) electrons. The first-order valence-corrected chi connectivity index (χ1v) is 7.04. The predicted molar refractivity (Wildman–Crippen MR) is 77.0 cm³/mol. The summed E-state index contributed by atoms with van der Waals surface area (Å²) in [4.78, 5) is 2.15. The molecule has 1 aliphatic heterocycles. The van der Waals surface area contributed by atoms with Gasteiger partial charge in [0, 0.05) is 25.2 Å². The van der Waals surface area contributed by atoms with E-state index in [0.29, 0.717) is 22.3 Å². The molecule has 1 aromatic carbocycles. The van der Waals surface area contributed by atoms with Crippen molar-refractivity contribution in [1.82, 2.24) is 4.90 Å². The van der Waals surface area contributed by atoms with Crippen LogP contribution in [0, 0.1) is 0 Å². The highest BCUT2D eigenvalue weighted by Gasteiger charge is 2.21. The van der Waals surface area contributed by atoms with Crippen molar-refractivity contribution in [3.63, 3.8) is 0 Å². The van der Waals surface area contributed by atoms with Crippen LogP contribution in [0.3, 0.4) is 0 Å². The molecule has 4 nitrogen and oxygen atoms in total. The van der Waals surface area contributed by atoms with Crippen molar-refractivity contribution < 1.29 is 9.84 Å². The molecular formula is C13H18Cl2N2O2. The Kier molecular flexibility index (Phi) is 5.30. The number of nitrogens with zero attached hydrogens (tertiary/aromatic N) is 1. The molecule has 0 spiro atoms. The van der Waals surface area contributed by atoms with Crippen LogP contribution in [-0.2, 0) is 0 Å². The number of rotatable bonds is 5. The minimum atomic E-state index is -0.542. The van der Waals surface area contributed by atoms with E-state index in [-0.39, 0.29) is 12.6 Å². The molecule has 106 valence electrons. The Labute approximate surface area is 123 Å². The summed E-state index contributed by atoms with van der Waals surface area (Å²) in [6.07, 6.45) is 0.445. The molecule has 2 rings (SSSR count). The zero-order chi connectivity index (χ0) is 13.8. The van der Waals surface area contributed by atoms with Crippen LogP contribution in [0.4, 0.5) is 0 Å². The maximum absolute atomic E-state index is 9.91. The van der Waals surface area contributed by atoms with E-state index >= 15 is 0 Å². The van der Waals surface area contributed by atoms with Gasteiger partial charge in [-0.3, -0.25) is 4.90 Å². The SMILES string of the molecule is N[C@@H]1CCN(CC(O)COc2ccc(Cl)c(Cl)c2)C1. The maximum atomic E-state index is 9.91.